The summed E-state index contributed by atoms with van der Waals surface area (Å²) in [6, 6.07) is 13.4. The van der Waals surface area contributed by atoms with Crippen molar-refractivity contribution < 1.29 is 38.7 Å². The second kappa shape index (κ2) is 12.7. The summed E-state index contributed by atoms with van der Waals surface area (Å²) in [7, 11) is 0. The highest BCUT2D eigenvalue weighted by atomic mass is 16.6. The molecule has 192 valence electrons. The number of imide groups is 1. The second-order valence-electron chi connectivity index (χ2n) is 6.91. The minimum Gasteiger partial charge on any atom is -0.508 e. The van der Waals surface area contributed by atoms with Gasteiger partial charge in [0.1, 0.15) is 23.0 Å². The first-order valence-electron chi connectivity index (χ1n) is 10.0. The van der Waals surface area contributed by atoms with Crippen LogP contribution in [0.1, 0.15) is 26.5 Å². The van der Waals surface area contributed by atoms with Crippen molar-refractivity contribution in [1.82, 2.24) is 10.3 Å². The first-order valence-corrected chi connectivity index (χ1v) is 10.0. The van der Waals surface area contributed by atoms with Gasteiger partial charge < -0.3 is 26.1 Å². The lowest BCUT2D eigenvalue weighted by Crippen LogP contribution is -2.24. The van der Waals surface area contributed by atoms with Crippen LogP contribution in [-0.2, 0) is 4.79 Å². The number of hydrazone groups is 1. The molecule has 1 aromatic heterocycles. The molecular weight excluding hydrogens is 492 g/mol. The molecule has 2 aromatic carbocycles. The number of amides is 5. The number of carbonyl (C=O) groups is 4. The van der Waals surface area contributed by atoms with Crippen LogP contribution in [0.15, 0.2) is 70.2 Å². The third-order valence-electron chi connectivity index (χ3n) is 4.19. The molecule has 0 radical (unpaired) electrons. The number of nitrogens with one attached hydrogen (secondary N) is 1. The van der Waals surface area contributed by atoms with Crippen LogP contribution in [0.3, 0.4) is 0 Å². The van der Waals surface area contributed by atoms with Crippen LogP contribution in [0.5, 0.6) is 11.5 Å². The Bertz CT molecular complexity index is 1260. The molecule has 4 rings (SSSR count). The number of phenolic OH excluding ortho intramolecular Hbond substituents is 2. The fourth-order valence-electron chi connectivity index (χ4n) is 2.41. The van der Waals surface area contributed by atoms with Crippen LogP contribution in [-0.4, -0.2) is 56.7 Å². The average Bonchev–Trinajstić information content (AvgIpc) is 3.45. The summed E-state index contributed by atoms with van der Waals surface area (Å²) in [5, 5.41) is 34.5. The highest BCUT2D eigenvalue weighted by Crippen LogP contribution is 2.14. The maximum atomic E-state index is 11.1. The van der Waals surface area contributed by atoms with Crippen LogP contribution >= 0.6 is 0 Å². The van der Waals surface area contributed by atoms with Crippen LogP contribution < -0.4 is 16.8 Å². The summed E-state index contributed by atoms with van der Waals surface area (Å²) in [5.41, 5.74) is 10.7. The number of aromatic hydroxyl groups is 2. The zero-order valence-corrected chi connectivity index (χ0v) is 18.8. The zero-order chi connectivity index (χ0) is 27.5. The van der Waals surface area contributed by atoms with Crippen molar-refractivity contribution in [3.63, 3.8) is 0 Å². The Kier molecular flexibility index (Phi) is 9.41. The van der Waals surface area contributed by atoms with E-state index in [0.29, 0.717) is 11.1 Å². The molecule has 7 N–H and O–H groups in total. The summed E-state index contributed by atoms with van der Waals surface area (Å²) >= 11 is 0. The molecule has 1 aliphatic heterocycles. The highest BCUT2D eigenvalue weighted by Gasteiger charge is 2.26. The van der Waals surface area contributed by atoms with Crippen molar-refractivity contribution in [2.45, 2.75) is 0 Å². The Morgan fingerprint density at radius 1 is 0.946 bits per heavy atom. The topological polar surface area (TPSA) is 245 Å². The number of hydrogen-bond acceptors (Lipinski definition) is 10. The van der Waals surface area contributed by atoms with Crippen molar-refractivity contribution in [2.75, 3.05) is 6.54 Å². The Morgan fingerprint density at radius 3 is 1.78 bits per heavy atom. The summed E-state index contributed by atoms with van der Waals surface area (Å²) in [6.45, 7) is -0.182. The van der Waals surface area contributed by atoms with Gasteiger partial charge in [-0.1, -0.05) is 0 Å². The number of hydrogen-bond donors (Lipinski definition) is 5. The molecule has 2 heterocycles. The fourth-order valence-corrected chi connectivity index (χ4v) is 2.41. The van der Waals surface area contributed by atoms with Gasteiger partial charge in [0.05, 0.1) is 12.3 Å². The monoisotopic (exact) mass is 512 g/mol. The van der Waals surface area contributed by atoms with Crippen molar-refractivity contribution in [3.8, 4) is 11.5 Å². The van der Waals surface area contributed by atoms with Gasteiger partial charge in [0.15, 0.2) is 5.76 Å². The minimum atomic E-state index is -0.691. The SMILES string of the molecule is NC(=O)c1ccc(O)cc1.NC(=O)c1ccc(O)cc1.O=C1CN(/N=C/c2ccc([N+](=O)[O-])o2)C(=O)N1. The van der Waals surface area contributed by atoms with E-state index in [4.69, 9.17) is 26.1 Å². The van der Waals surface area contributed by atoms with E-state index in [0.717, 1.165) is 17.3 Å². The summed E-state index contributed by atoms with van der Waals surface area (Å²) in [5.74, 6) is -1.48. The number of primary amides is 2. The van der Waals surface area contributed by atoms with E-state index in [1.807, 2.05) is 5.32 Å². The molecule has 0 unspecified atom stereocenters. The summed E-state index contributed by atoms with van der Waals surface area (Å²) in [4.78, 5) is 52.4. The fraction of sp³-hybridized carbons (Fsp3) is 0.0455. The van der Waals surface area contributed by atoms with E-state index < -0.39 is 34.6 Å². The smallest absolute Gasteiger partial charge is 0.433 e. The normalized spacial score (nSPS) is 12.2. The van der Waals surface area contributed by atoms with E-state index in [-0.39, 0.29) is 23.8 Å². The zero-order valence-electron chi connectivity index (χ0n) is 18.8. The number of phenols is 2. The van der Waals surface area contributed by atoms with Gasteiger partial charge >= 0.3 is 11.9 Å². The number of urea groups is 1. The van der Waals surface area contributed by atoms with E-state index in [2.05, 4.69) is 5.10 Å². The summed E-state index contributed by atoms with van der Waals surface area (Å²) < 4.78 is 4.78. The van der Waals surface area contributed by atoms with Gasteiger partial charge in [-0.25, -0.2) is 9.80 Å². The van der Waals surface area contributed by atoms with E-state index in [1.54, 1.807) is 0 Å². The predicted octanol–water partition coefficient (Wildman–Crippen LogP) is 1.06. The van der Waals surface area contributed by atoms with Gasteiger partial charge in [-0.2, -0.15) is 5.10 Å². The molecule has 15 nitrogen and oxygen atoms in total. The van der Waals surface area contributed by atoms with Crippen molar-refractivity contribution in [1.29, 1.82) is 0 Å². The van der Waals surface area contributed by atoms with Gasteiger partial charge in [0.25, 0.3) is 0 Å². The van der Waals surface area contributed by atoms with E-state index >= 15 is 0 Å². The predicted molar refractivity (Wildman–Crippen MR) is 126 cm³/mol. The van der Waals surface area contributed by atoms with Crippen LogP contribution in [0, 0.1) is 10.1 Å². The van der Waals surface area contributed by atoms with E-state index in [9.17, 15) is 29.3 Å². The first-order chi connectivity index (χ1) is 17.5. The number of furan rings is 1. The third-order valence-corrected chi connectivity index (χ3v) is 4.19. The number of benzene rings is 2. The van der Waals surface area contributed by atoms with Crippen LogP contribution in [0.4, 0.5) is 10.7 Å². The molecule has 5 amide bonds. The maximum absolute atomic E-state index is 11.1. The van der Waals surface area contributed by atoms with Crippen molar-refractivity contribution in [3.05, 3.63) is 87.7 Å². The molecule has 0 bridgehead atoms. The molecule has 0 atom stereocenters. The third kappa shape index (κ3) is 8.85. The van der Waals surface area contributed by atoms with Gasteiger partial charge in [-0.3, -0.25) is 29.8 Å². The molecule has 37 heavy (non-hydrogen) atoms. The molecule has 1 fully saturated rings. The molecule has 1 aliphatic rings. The average molecular weight is 512 g/mol. The van der Waals surface area contributed by atoms with Crippen molar-refractivity contribution >= 4 is 35.9 Å². The largest absolute Gasteiger partial charge is 0.508 e. The number of rotatable bonds is 5. The second-order valence-corrected chi connectivity index (χ2v) is 6.91. The maximum Gasteiger partial charge on any atom is 0.433 e. The first kappa shape index (κ1) is 27.5. The Balaban J connectivity index is 0.000000208. The number of carbonyl (C=O) groups excluding carboxylic acids is 4. The van der Waals surface area contributed by atoms with Crippen LogP contribution in [0.2, 0.25) is 0 Å². The van der Waals surface area contributed by atoms with Crippen LogP contribution in [0.25, 0.3) is 0 Å². The Morgan fingerprint density at radius 2 is 1.43 bits per heavy atom. The number of nitrogens with two attached hydrogens (primary N) is 2. The lowest BCUT2D eigenvalue weighted by molar-refractivity contribution is -0.402. The van der Waals surface area contributed by atoms with E-state index in [1.165, 1.54) is 54.6 Å². The van der Waals surface area contributed by atoms with Gasteiger partial charge in [-0.05, 0) is 54.6 Å². The molecule has 0 saturated carbocycles. The van der Waals surface area contributed by atoms with Gasteiger partial charge in [0.2, 0.25) is 17.7 Å². The molecule has 15 heteroatoms. The lowest BCUT2D eigenvalue weighted by Gasteiger charge is -2.02. The number of nitro groups is 1. The quantitative estimate of drug-likeness (QED) is 0.142. The molecular formula is C22H20N6O9. The summed E-state index contributed by atoms with van der Waals surface area (Å²) in [6.07, 6.45) is 1.12. The molecule has 1 saturated heterocycles. The molecule has 0 aliphatic carbocycles. The van der Waals surface area contributed by atoms with Gasteiger partial charge in [-0.15, -0.1) is 0 Å². The standard InChI is InChI=1S/C8H6N4O5.2C7H7NO2/c13-6-4-11(8(14)10-6)9-3-5-1-2-7(17-5)12(15)16;2*8-7(10)5-1-3-6(9)4-2-5/h1-3H,4H2,(H,10,13,14);2*1-4,9H,(H2,8,10)/b9-3+;;. The highest BCUT2D eigenvalue weighted by molar-refractivity contribution is 6.02. The van der Waals surface area contributed by atoms with Crippen molar-refractivity contribution in [2.24, 2.45) is 16.6 Å². The molecule has 0 spiro atoms. The number of nitrogens with zero attached hydrogens (tertiary/aromatic N) is 3. The lowest BCUT2D eigenvalue weighted by atomic mass is 10.2. The Labute approximate surface area is 207 Å². The molecule has 3 aromatic rings. The Hall–Kier alpha value is -5.73. The minimum absolute atomic E-state index is 0.115. The van der Waals surface area contributed by atoms with Gasteiger partial charge in [0, 0.05) is 11.1 Å².